The van der Waals surface area contributed by atoms with Gasteiger partial charge in [0.05, 0.1) is 28.2 Å². The Morgan fingerprint density at radius 3 is 2.83 bits per heavy atom. The topological polar surface area (TPSA) is 64.7 Å². The van der Waals surface area contributed by atoms with Crippen molar-refractivity contribution in [1.29, 1.82) is 0 Å². The quantitative estimate of drug-likeness (QED) is 0.609. The van der Waals surface area contributed by atoms with Crippen LogP contribution in [0.25, 0.3) is 0 Å². The summed E-state index contributed by atoms with van der Waals surface area (Å²) in [7, 11) is 1.71. The number of aryl methyl sites for hydroxylation is 1. The summed E-state index contributed by atoms with van der Waals surface area (Å²) in [5.41, 5.74) is 1.76. The molecule has 0 saturated carbocycles. The highest BCUT2D eigenvalue weighted by Crippen LogP contribution is 2.19. The minimum atomic E-state index is -0.386. The molecular weight excluding hydrogens is 448 g/mol. The largest absolute Gasteiger partial charge is 0.318 e. The lowest BCUT2D eigenvalue weighted by Gasteiger charge is -2.05. The van der Waals surface area contributed by atoms with E-state index in [9.17, 15) is 9.18 Å². The van der Waals surface area contributed by atoms with Gasteiger partial charge in [-0.2, -0.15) is 10.2 Å². The summed E-state index contributed by atoms with van der Waals surface area (Å²) in [6.07, 6.45) is 4.84. The number of benzene rings is 1. The average Bonchev–Trinajstić information content (AvgIpc) is 3.08. The van der Waals surface area contributed by atoms with Gasteiger partial charge in [0.15, 0.2) is 0 Å². The van der Waals surface area contributed by atoms with Gasteiger partial charge < -0.3 is 5.32 Å². The molecule has 9 heteroatoms. The molecular formula is C15H12ClFIN5O. The molecule has 6 nitrogen and oxygen atoms in total. The summed E-state index contributed by atoms with van der Waals surface area (Å²) >= 11 is 8.07. The second-order valence-electron chi connectivity index (χ2n) is 5.08. The molecule has 3 aromatic rings. The van der Waals surface area contributed by atoms with Crippen molar-refractivity contribution in [3.8, 4) is 0 Å². The highest BCUT2D eigenvalue weighted by Gasteiger charge is 2.16. The molecule has 2 aromatic heterocycles. The molecule has 0 bridgehead atoms. The fraction of sp³-hybridized carbons (Fsp3) is 0.133. The van der Waals surface area contributed by atoms with Crippen LogP contribution in [0.3, 0.4) is 0 Å². The predicted octanol–water partition coefficient (Wildman–Crippen LogP) is 3.31. The van der Waals surface area contributed by atoms with Gasteiger partial charge in [0.1, 0.15) is 11.5 Å². The molecule has 0 atom stereocenters. The Hall–Kier alpha value is -1.94. The fourth-order valence-corrected chi connectivity index (χ4v) is 3.14. The van der Waals surface area contributed by atoms with Crippen LogP contribution in [0.4, 0.5) is 10.1 Å². The molecule has 1 amide bonds. The van der Waals surface area contributed by atoms with E-state index in [2.05, 4.69) is 38.1 Å². The van der Waals surface area contributed by atoms with Crippen molar-refractivity contribution in [2.75, 3.05) is 5.32 Å². The Bertz CT molecular complexity index is 888. The van der Waals surface area contributed by atoms with Crippen molar-refractivity contribution < 1.29 is 9.18 Å². The van der Waals surface area contributed by atoms with Crippen LogP contribution in [0.2, 0.25) is 5.02 Å². The molecule has 2 heterocycles. The monoisotopic (exact) mass is 459 g/mol. The van der Waals surface area contributed by atoms with Crippen LogP contribution >= 0.6 is 34.2 Å². The summed E-state index contributed by atoms with van der Waals surface area (Å²) in [4.78, 5) is 12.3. The number of aromatic nitrogens is 4. The van der Waals surface area contributed by atoms with Crippen LogP contribution in [-0.4, -0.2) is 25.5 Å². The minimum absolute atomic E-state index is 0.265. The number of rotatable bonds is 4. The standard InChI is InChI=1S/C15H12ClFIN5O/c1-22-14(13(18)6-19-22)15(24)21-11-5-20-23(8-11)7-9-2-3-10(17)4-12(9)16/h2-6,8H,7H2,1H3,(H,21,24). The first-order valence-electron chi connectivity index (χ1n) is 6.89. The van der Waals surface area contributed by atoms with Crippen LogP contribution in [-0.2, 0) is 13.6 Å². The van der Waals surface area contributed by atoms with E-state index in [4.69, 9.17) is 11.6 Å². The Balaban J connectivity index is 1.73. The predicted molar refractivity (Wildman–Crippen MR) is 96.6 cm³/mol. The highest BCUT2D eigenvalue weighted by molar-refractivity contribution is 14.1. The van der Waals surface area contributed by atoms with Crippen LogP contribution in [0.1, 0.15) is 16.1 Å². The van der Waals surface area contributed by atoms with E-state index < -0.39 is 0 Å². The van der Waals surface area contributed by atoms with E-state index in [1.165, 1.54) is 16.8 Å². The number of halogens is 3. The van der Waals surface area contributed by atoms with Gasteiger partial charge in [-0.25, -0.2) is 4.39 Å². The summed E-state index contributed by atoms with van der Waals surface area (Å²) in [5, 5.41) is 11.3. The van der Waals surface area contributed by atoms with Crippen molar-refractivity contribution >= 4 is 45.8 Å². The van der Waals surface area contributed by atoms with E-state index in [0.29, 0.717) is 22.9 Å². The molecule has 0 saturated heterocycles. The third kappa shape index (κ3) is 3.59. The van der Waals surface area contributed by atoms with E-state index in [1.54, 1.807) is 36.4 Å². The Morgan fingerprint density at radius 2 is 2.17 bits per heavy atom. The molecule has 0 aliphatic rings. The second kappa shape index (κ2) is 6.89. The number of nitrogens with zero attached hydrogens (tertiary/aromatic N) is 4. The van der Waals surface area contributed by atoms with Crippen LogP contribution < -0.4 is 5.32 Å². The van der Waals surface area contributed by atoms with Crippen molar-refractivity contribution in [2.24, 2.45) is 7.05 Å². The van der Waals surface area contributed by atoms with Gasteiger partial charge in [-0.3, -0.25) is 14.2 Å². The van der Waals surface area contributed by atoms with Gasteiger partial charge >= 0.3 is 0 Å². The zero-order valence-electron chi connectivity index (χ0n) is 12.5. The van der Waals surface area contributed by atoms with Crippen molar-refractivity contribution in [1.82, 2.24) is 19.6 Å². The lowest BCUT2D eigenvalue weighted by atomic mass is 10.2. The summed E-state index contributed by atoms with van der Waals surface area (Å²) in [5.74, 6) is -0.651. The Morgan fingerprint density at radius 1 is 1.38 bits per heavy atom. The lowest BCUT2D eigenvalue weighted by Crippen LogP contribution is -2.17. The molecule has 1 aromatic carbocycles. The smallest absolute Gasteiger partial charge is 0.275 e. The second-order valence-corrected chi connectivity index (χ2v) is 6.65. The summed E-state index contributed by atoms with van der Waals surface area (Å²) in [6, 6.07) is 4.21. The molecule has 0 unspecified atom stereocenters. The number of anilines is 1. The molecule has 0 aliphatic carbocycles. The van der Waals surface area contributed by atoms with E-state index in [1.807, 2.05) is 0 Å². The molecule has 0 fully saturated rings. The van der Waals surface area contributed by atoms with Gasteiger partial charge in [-0.05, 0) is 40.3 Å². The van der Waals surface area contributed by atoms with Crippen LogP contribution in [0, 0.1) is 9.39 Å². The van der Waals surface area contributed by atoms with E-state index in [-0.39, 0.29) is 11.7 Å². The Kier molecular flexibility index (Phi) is 4.86. The number of hydrogen-bond donors (Lipinski definition) is 1. The molecule has 0 spiro atoms. The van der Waals surface area contributed by atoms with Gasteiger partial charge in [-0.15, -0.1) is 0 Å². The number of carbonyl (C=O) groups is 1. The minimum Gasteiger partial charge on any atom is -0.318 e. The number of nitrogens with one attached hydrogen (secondary N) is 1. The van der Waals surface area contributed by atoms with Crippen molar-refractivity contribution in [3.05, 3.63) is 62.5 Å². The van der Waals surface area contributed by atoms with Gasteiger partial charge in [0.2, 0.25) is 0 Å². The normalized spacial score (nSPS) is 10.8. The number of carbonyl (C=O) groups excluding carboxylic acids is 1. The summed E-state index contributed by atoms with van der Waals surface area (Å²) < 4.78 is 17.0. The first-order valence-corrected chi connectivity index (χ1v) is 8.35. The molecule has 0 aliphatic heterocycles. The number of amides is 1. The molecule has 3 rings (SSSR count). The van der Waals surface area contributed by atoms with Gasteiger partial charge in [0.25, 0.3) is 5.91 Å². The zero-order valence-corrected chi connectivity index (χ0v) is 15.4. The SMILES string of the molecule is Cn1ncc(I)c1C(=O)Nc1cnn(Cc2ccc(F)cc2Cl)c1. The molecule has 1 N–H and O–H groups in total. The van der Waals surface area contributed by atoms with Crippen molar-refractivity contribution in [2.45, 2.75) is 6.54 Å². The van der Waals surface area contributed by atoms with Gasteiger partial charge in [0, 0.05) is 18.3 Å². The van der Waals surface area contributed by atoms with Crippen molar-refractivity contribution in [3.63, 3.8) is 0 Å². The fourth-order valence-electron chi connectivity index (χ4n) is 2.20. The zero-order chi connectivity index (χ0) is 17.3. The molecule has 0 radical (unpaired) electrons. The maximum atomic E-state index is 13.1. The molecule has 24 heavy (non-hydrogen) atoms. The maximum Gasteiger partial charge on any atom is 0.275 e. The molecule has 124 valence electrons. The van der Waals surface area contributed by atoms with E-state index in [0.717, 1.165) is 9.13 Å². The van der Waals surface area contributed by atoms with Crippen LogP contribution in [0.5, 0.6) is 0 Å². The Labute approximate surface area is 155 Å². The third-order valence-electron chi connectivity index (χ3n) is 3.35. The van der Waals surface area contributed by atoms with E-state index >= 15 is 0 Å². The maximum absolute atomic E-state index is 13.1. The first-order chi connectivity index (χ1) is 11.4. The van der Waals surface area contributed by atoms with Crippen LogP contribution in [0.15, 0.2) is 36.8 Å². The first kappa shape index (κ1) is 16.9. The third-order valence-corrected chi connectivity index (χ3v) is 4.49. The lowest BCUT2D eigenvalue weighted by molar-refractivity contribution is 0.101. The van der Waals surface area contributed by atoms with Gasteiger partial charge in [-0.1, -0.05) is 17.7 Å². The highest BCUT2D eigenvalue weighted by atomic mass is 127. The average molecular weight is 460 g/mol. The summed E-state index contributed by atoms with van der Waals surface area (Å²) in [6.45, 7) is 0.373. The number of hydrogen-bond acceptors (Lipinski definition) is 3.